The average molecular weight is 361 g/mol. The molecule has 2 aliphatic rings. The second kappa shape index (κ2) is 6.95. The van der Waals surface area contributed by atoms with Crippen molar-refractivity contribution in [3.8, 4) is 0 Å². The monoisotopic (exact) mass is 361 g/mol. The molecule has 1 aromatic rings. The third-order valence-corrected chi connectivity index (χ3v) is 5.17. The van der Waals surface area contributed by atoms with Gasteiger partial charge in [0.05, 0.1) is 17.4 Å². The maximum Gasteiger partial charge on any atom is 0.275 e. The minimum Gasteiger partial charge on any atom is -0.379 e. The number of halogens is 1. The van der Waals surface area contributed by atoms with Gasteiger partial charge in [0.25, 0.3) is 5.91 Å². The number of nitrogens with one attached hydrogen (secondary N) is 1. The van der Waals surface area contributed by atoms with Crippen molar-refractivity contribution in [3.05, 3.63) is 47.7 Å². The number of allylic oxidation sites excluding steroid dienone is 2. The Labute approximate surface area is 149 Å². The standard InChI is InChI=1S/C17H20FN5OS/c1-10-8-21-14(9-20-10)15(24)22-11-3-4-13(18)12(7-11)17(2)5-6-25-16(19)23-17/h3-4,7-9,12-13H,5-6H2,1-2H3,(H2,19,23)(H,22,24)/t12?,13?,17-/m0/s1. The Morgan fingerprint density at radius 2 is 2.24 bits per heavy atom. The lowest BCUT2D eigenvalue weighted by molar-refractivity contribution is 0.0960. The van der Waals surface area contributed by atoms with Crippen LogP contribution in [0.15, 0.2) is 41.3 Å². The average Bonchev–Trinajstić information content (AvgIpc) is 2.57. The quantitative estimate of drug-likeness (QED) is 0.860. The molecular formula is C17H20FN5OS. The molecule has 132 valence electrons. The van der Waals surface area contributed by atoms with Crippen LogP contribution in [0.4, 0.5) is 4.39 Å². The van der Waals surface area contributed by atoms with E-state index in [1.54, 1.807) is 19.1 Å². The van der Waals surface area contributed by atoms with Gasteiger partial charge in [0.2, 0.25) is 0 Å². The van der Waals surface area contributed by atoms with Gasteiger partial charge in [-0.25, -0.2) is 9.37 Å². The van der Waals surface area contributed by atoms with Crippen LogP contribution in [0.3, 0.4) is 0 Å². The number of alkyl halides is 1. The van der Waals surface area contributed by atoms with E-state index in [1.165, 1.54) is 30.2 Å². The summed E-state index contributed by atoms with van der Waals surface area (Å²) < 4.78 is 14.5. The van der Waals surface area contributed by atoms with Crippen LogP contribution >= 0.6 is 11.8 Å². The fourth-order valence-electron chi connectivity index (χ4n) is 2.91. The minimum absolute atomic E-state index is 0.210. The summed E-state index contributed by atoms with van der Waals surface area (Å²) in [6, 6.07) is 0. The molecule has 0 spiro atoms. The molecule has 0 bridgehead atoms. The largest absolute Gasteiger partial charge is 0.379 e. The van der Waals surface area contributed by atoms with Crippen molar-refractivity contribution < 1.29 is 9.18 Å². The molecule has 2 unspecified atom stereocenters. The first-order valence-electron chi connectivity index (χ1n) is 7.99. The molecule has 0 saturated heterocycles. The van der Waals surface area contributed by atoms with Crippen LogP contribution in [0.5, 0.6) is 0 Å². The third-order valence-electron chi connectivity index (χ3n) is 4.38. The lowest BCUT2D eigenvalue weighted by Gasteiger charge is -2.37. The molecule has 1 amide bonds. The summed E-state index contributed by atoms with van der Waals surface area (Å²) in [6.45, 7) is 3.69. The molecule has 0 saturated carbocycles. The van der Waals surface area contributed by atoms with E-state index >= 15 is 0 Å². The summed E-state index contributed by atoms with van der Waals surface area (Å²) in [4.78, 5) is 24.9. The second-order valence-electron chi connectivity index (χ2n) is 6.35. The molecule has 3 atom stereocenters. The number of hydrogen-bond donors (Lipinski definition) is 2. The number of carbonyl (C=O) groups excluding carboxylic acids is 1. The van der Waals surface area contributed by atoms with E-state index in [0.717, 1.165) is 17.9 Å². The Hall–Kier alpha value is -2.22. The first kappa shape index (κ1) is 17.6. The van der Waals surface area contributed by atoms with Gasteiger partial charge in [-0.15, -0.1) is 0 Å². The zero-order valence-corrected chi connectivity index (χ0v) is 14.9. The number of aliphatic imine (C=N–C) groups is 1. The fourth-order valence-corrected chi connectivity index (χ4v) is 3.91. The molecule has 3 rings (SSSR count). The van der Waals surface area contributed by atoms with Crippen molar-refractivity contribution >= 4 is 22.8 Å². The van der Waals surface area contributed by atoms with Gasteiger partial charge < -0.3 is 11.1 Å². The Morgan fingerprint density at radius 1 is 1.44 bits per heavy atom. The second-order valence-corrected chi connectivity index (χ2v) is 7.47. The highest BCUT2D eigenvalue weighted by molar-refractivity contribution is 8.13. The molecule has 0 radical (unpaired) electrons. The fraction of sp³-hybridized carbons (Fsp3) is 0.412. The number of hydrogen-bond acceptors (Lipinski definition) is 6. The van der Waals surface area contributed by atoms with E-state index in [1.807, 2.05) is 6.92 Å². The van der Waals surface area contributed by atoms with Gasteiger partial charge in [0.1, 0.15) is 11.9 Å². The van der Waals surface area contributed by atoms with Crippen molar-refractivity contribution in [1.29, 1.82) is 0 Å². The zero-order chi connectivity index (χ0) is 18.0. The lowest BCUT2D eigenvalue weighted by atomic mass is 9.78. The molecule has 25 heavy (non-hydrogen) atoms. The molecule has 1 aromatic heterocycles. The Bertz CT molecular complexity index is 761. The predicted molar refractivity (Wildman–Crippen MR) is 96.9 cm³/mol. The number of aromatic nitrogens is 2. The van der Waals surface area contributed by atoms with Crippen LogP contribution in [-0.2, 0) is 0 Å². The number of amides is 1. The molecule has 8 heteroatoms. The van der Waals surface area contributed by atoms with Gasteiger partial charge in [-0.2, -0.15) is 0 Å². The van der Waals surface area contributed by atoms with Crippen LogP contribution in [0, 0.1) is 12.8 Å². The number of rotatable bonds is 3. The van der Waals surface area contributed by atoms with Gasteiger partial charge in [-0.3, -0.25) is 14.8 Å². The summed E-state index contributed by atoms with van der Waals surface area (Å²) in [5.41, 5.74) is 6.67. The van der Waals surface area contributed by atoms with E-state index in [9.17, 15) is 9.18 Å². The number of nitrogens with two attached hydrogens (primary N) is 1. The highest BCUT2D eigenvalue weighted by Crippen LogP contribution is 2.38. The summed E-state index contributed by atoms with van der Waals surface area (Å²) in [5.74, 6) is -0.0732. The predicted octanol–water partition coefficient (Wildman–Crippen LogP) is 2.13. The summed E-state index contributed by atoms with van der Waals surface area (Å²) in [6.07, 6.45) is 7.21. The number of thioether (sulfide) groups is 1. The van der Waals surface area contributed by atoms with Crippen molar-refractivity contribution in [1.82, 2.24) is 15.3 Å². The first-order chi connectivity index (χ1) is 11.9. The Kier molecular flexibility index (Phi) is 4.89. The molecular weight excluding hydrogens is 341 g/mol. The molecule has 6 nitrogen and oxygen atoms in total. The number of amidine groups is 1. The highest BCUT2D eigenvalue weighted by Gasteiger charge is 2.40. The first-order valence-corrected chi connectivity index (χ1v) is 8.98. The SMILES string of the molecule is Cc1cnc(C(=O)NC2=CC([C@]3(C)CCSC(N)=N3)C(F)C=C2)cn1. The van der Waals surface area contributed by atoms with Crippen LogP contribution in [0.1, 0.15) is 29.5 Å². The topological polar surface area (TPSA) is 93.3 Å². The molecule has 3 N–H and O–H groups in total. The van der Waals surface area contributed by atoms with E-state index in [0.29, 0.717) is 10.9 Å². The van der Waals surface area contributed by atoms with Gasteiger partial charge in [-0.1, -0.05) is 17.8 Å². The molecule has 0 fully saturated rings. The minimum atomic E-state index is -1.18. The van der Waals surface area contributed by atoms with Crippen molar-refractivity contribution in [2.75, 3.05) is 5.75 Å². The number of carbonyl (C=O) groups is 1. The maximum absolute atomic E-state index is 14.5. The van der Waals surface area contributed by atoms with Crippen molar-refractivity contribution in [2.24, 2.45) is 16.6 Å². The number of nitrogens with zero attached hydrogens (tertiary/aromatic N) is 3. The summed E-state index contributed by atoms with van der Waals surface area (Å²) in [5, 5.41) is 3.23. The van der Waals surface area contributed by atoms with E-state index in [2.05, 4.69) is 20.3 Å². The van der Waals surface area contributed by atoms with Crippen LogP contribution in [-0.4, -0.2) is 38.5 Å². The number of aryl methyl sites for hydroxylation is 1. The Balaban J connectivity index is 1.80. The molecule has 2 heterocycles. The third kappa shape index (κ3) is 3.89. The normalized spacial score (nSPS) is 28.9. The van der Waals surface area contributed by atoms with Gasteiger partial charge in [0, 0.05) is 23.6 Å². The molecule has 0 aromatic carbocycles. The highest BCUT2D eigenvalue weighted by atomic mass is 32.2. The van der Waals surface area contributed by atoms with Crippen molar-refractivity contribution in [2.45, 2.75) is 32.0 Å². The zero-order valence-electron chi connectivity index (χ0n) is 14.1. The van der Waals surface area contributed by atoms with Gasteiger partial charge >= 0.3 is 0 Å². The lowest BCUT2D eigenvalue weighted by Crippen LogP contribution is -2.43. The summed E-state index contributed by atoms with van der Waals surface area (Å²) in [7, 11) is 0. The molecule has 1 aliphatic carbocycles. The molecule has 1 aliphatic heterocycles. The van der Waals surface area contributed by atoms with Crippen LogP contribution < -0.4 is 11.1 Å². The van der Waals surface area contributed by atoms with Crippen LogP contribution in [0.25, 0.3) is 0 Å². The Morgan fingerprint density at radius 3 is 2.92 bits per heavy atom. The van der Waals surface area contributed by atoms with Gasteiger partial charge in [0.15, 0.2) is 5.17 Å². The van der Waals surface area contributed by atoms with Crippen LogP contribution in [0.2, 0.25) is 0 Å². The van der Waals surface area contributed by atoms with E-state index in [4.69, 9.17) is 5.73 Å². The van der Waals surface area contributed by atoms with Crippen molar-refractivity contribution in [3.63, 3.8) is 0 Å². The van der Waals surface area contributed by atoms with Gasteiger partial charge in [-0.05, 0) is 32.4 Å². The van der Waals surface area contributed by atoms with E-state index in [-0.39, 0.29) is 11.6 Å². The summed E-state index contributed by atoms with van der Waals surface area (Å²) >= 11 is 1.48. The maximum atomic E-state index is 14.5. The van der Waals surface area contributed by atoms with E-state index < -0.39 is 17.6 Å². The smallest absolute Gasteiger partial charge is 0.275 e.